The number of benzene rings is 2. The van der Waals surface area contributed by atoms with Gasteiger partial charge in [-0.15, -0.1) is 22.7 Å². The summed E-state index contributed by atoms with van der Waals surface area (Å²) in [6.07, 6.45) is 2.60. The quantitative estimate of drug-likeness (QED) is 0.107. The van der Waals surface area contributed by atoms with Crippen LogP contribution in [0.1, 0.15) is 24.0 Å². The predicted molar refractivity (Wildman–Crippen MR) is 175 cm³/mol. The van der Waals surface area contributed by atoms with Gasteiger partial charge in [0.25, 0.3) is 0 Å². The highest BCUT2D eigenvalue weighted by molar-refractivity contribution is 7.17. The van der Waals surface area contributed by atoms with Gasteiger partial charge in [-0.3, -0.25) is 9.80 Å². The lowest BCUT2D eigenvalue weighted by Crippen LogP contribution is -2.33. The Balaban J connectivity index is 0.797. The zero-order valence-corrected chi connectivity index (χ0v) is 26.6. The van der Waals surface area contributed by atoms with Crippen LogP contribution in [0.25, 0.3) is 20.2 Å². The monoisotopic (exact) mass is 636 g/mol. The van der Waals surface area contributed by atoms with E-state index in [9.17, 15) is 9.59 Å². The molecule has 8 nitrogen and oxygen atoms in total. The first-order valence-corrected chi connectivity index (χ1v) is 17.3. The van der Waals surface area contributed by atoms with Gasteiger partial charge in [0, 0.05) is 48.7 Å². The molecule has 2 aromatic heterocycles. The van der Waals surface area contributed by atoms with E-state index < -0.39 is 11.9 Å². The molecule has 2 saturated heterocycles. The standard InChI is InChI=1S/C34H40N2O6S2/c37-33(41-29-5-11-35(23-29)13-17-39-15-7-25-1-3-27-9-19-43-31(27)21-25)34(38)42-30-6-12-36(24-30)14-18-40-16-8-26-2-4-28-10-20-44-32(28)22-26/h1-4,9-10,19-22,29-30H,5-8,11-18,23-24H2. The Bertz CT molecular complexity index is 1420. The van der Waals surface area contributed by atoms with Crippen LogP contribution in [0.15, 0.2) is 59.3 Å². The third-order valence-electron chi connectivity index (χ3n) is 8.39. The number of fused-ring (bicyclic) bond motifs is 2. The summed E-state index contributed by atoms with van der Waals surface area (Å²) in [6.45, 7) is 6.99. The van der Waals surface area contributed by atoms with Crippen molar-refractivity contribution in [3.63, 3.8) is 0 Å². The lowest BCUT2D eigenvalue weighted by atomic mass is 10.1. The Labute approximate surface area is 266 Å². The van der Waals surface area contributed by atoms with Gasteiger partial charge >= 0.3 is 11.9 Å². The van der Waals surface area contributed by atoms with Crippen LogP contribution in [-0.4, -0.2) is 99.6 Å². The molecule has 6 rings (SSSR count). The molecule has 0 amide bonds. The van der Waals surface area contributed by atoms with Gasteiger partial charge in [0.15, 0.2) is 0 Å². The number of thiophene rings is 2. The van der Waals surface area contributed by atoms with Crippen LogP contribution in [0, 0.1) is 0 Å². The number of hydrogen-bond donors (Lipinski definition) is 0. The maximum absolute atomic E-state index is 12.4. The molecule has 2 aliphatic heterocycles. The average molecular weight is 637 g/mol. The summed E-state index contributed by atoms with van der Waals surface area (Å²) in [4.78, 5) is 29.3. The van der Waals surface area contributed by atoms with E-state index in [1.807, 2.05) is 0 Å². The highest BCUT2D eigenvalue weighted by Crippen LogP contribution is 2.23. The fourth-order valence-electron chi connectivity index (χ4n) is 5.87. The van der Waals surface area contributed by atoms with Crippen molar-refractivity contribution in [1.82, 2.24) is 9.80 Å². The maximum Gasteiger partial charge on any atom is 0.417 e. The maximum atomic E-state index is 12.4. The summed E-state index contributed by atoms with van der Waals surface area (Å²) >= 11 is 3.52. The Morgan fingerprint density at radius 3 is 1.61 bits per heavy atom. The molecule has 2 atom stereocenters. The molecular weight excluding hydrogens is 597 g/mol. The van der Waals surface area contributed by atoms with Gasteiger partial charge in [0.1, 0.15) is 12.2 Å². The summed E-state index contributed by atoms with van der Waals surface area (Å²) < 4.78 is 25.3. The van der Waals surface area contributed by atoms with E-state index in [2.05, 4.69) is 69.1 Å². The number of hydrogen-bond acceptors (Lipinski definition) is 10. The second-order valence-electron chi connectivity index (χ2n) is 11.5. The predicted octanol–water partition coefficient (Wildman–Crippen LogP) is 5.17. The lowest BCUT2D eigenvalue weighted by Gasteiger charge is -2.17. The third kappa shape index (κ3) is 8.65. The lowest BCUT2D eigenvalue weighted by molar-refractivity contribution is -0.173. The second kappa shape index (κ2) is 15.4. The van der Waals surface area contributed by atoms with Crippen molar-refractivity contribution in [2.24, 2.45) is 0 Å². The van der Waals surface area contributed by atoms with E-state index in [4.69, 9.17) is 18.9 Å². The summed E-state index contributed by atoms with van der Waals surface area (Å²) in [5.74, 6) is -1.78. The summed E-state index contributed by atoms with van der Waals surface area (Å²) in [6, 6.07) is 17.4. The first-order valence-electron chi connectivity index (χ1n) is 15.5. The van der Waals surface area contributed by atoms with Crippen LogP contribution in [0.3, 0.4) is 0 Å². The molecule has 2 aromatic carbocycles. The number of nitrogens with zero attached hydrogens (tertiary/aromatic N) is 2. The minimum absolute atomic E-state index is 0.294. The zero-order valence-electron chi connectivity index (χ0n) is 25.0. The highest BCUT2D eigenvalue weighted by atomic mass is 32.1. The molecule has 10 heteroatoms. The molecule has 2 unspecified atom stereocenters. The van der Waals surface area contributed by atoms with Crippen molar-refractivity contribution in [2.75, 3.05) is 65.7 Å². The molecule has 44 heavy (non-hydrogen) atoms. The molecule has 0 spiro atoms. The summed E-state index contributed by atoms with van der Waals surface area (Å²) in [7, 11) is 0. The van der Waals surface area contributed by atoms with Crippen molar-refractivity contribution < 1.29 is 28.5 Å². The number of likely N-dealkylation sites (tertiary alicyclic amines) is 2. The van der Waals surface area contributed by atoms with Crippen LogP contribution in [0.5, 0.6) is 0 Å². The van der Waals surface area contributed by atoms with Crippen LogP contribution >= 0.6 is 22.7 Å². The number of rotatable bonds is 14. The summed E-state index contributed by atoms with van der Waals surface area (Å²) in [5, 5.41) is 6.81. The van der Waals surface area contributed by atoms with Crippen LogP contribution in [0.4, 0.5) is 0 Å². The zero-order chi connectivity index (χ0) is 30.1. The van der Waals surface area contributed by atoms with E-state index in [1.165, 1.54) is 31.3 Å². The van der Waals surface area contributed by atoms with Gasteiger partial charge in [0.05, 0.1) is 26.4 Å². The topological polar surface area (TPSA) is 77.5 Å². The van der Waals surface area contributed by atoms with E-state index in [-0.39, 0.29) is 12.2 Å². The van der Waals surface area contributed by atoms with Crippen LogP contribution in [-0.2, 0) is 41.4 Å². The number of esters is 2. The Morgan fingerprint density at radius 1 is 0.659 bits per heavy atom. The molecule has 0 saturated carbocycles. The van der Waals surface area contributed by atoms with Crippen molar-refractivity contribution in [2.45, 2.75) is 37.9 Å². The molecule has 2 fully saturated rings. The SMILES string of the molecule is O=C(OC1CCN(CCOCCc2ccc3ccsc3c2)C1)C(=O)OC1CCN(CCOCCc2ccc3ccsc3c2)C1. The van der Waals surface area contributed by atoms with Gasteiger partial charge in [0.2, 0.25) is 0 Å². The van der Waals surface area contributed by atoms with Crippen LogP contribution in [0.2, 0.25) is 0 Å². The van der Waals surface area contributed by atoms with E-state index in [0.717, 1.165) is 39.0 Å². The second-order valence-corrected chi connectivity index (χ2v) is 13.4. The average Bonchev–Trinajstić information content (AvgIpc) is 3.84. The molecule has 2 aliphatic rings. The van der Waals surface area contributed by atoms with E-state index in [0.29, 0.717) is 52.4 Å². The fourth-order valence-corrected chi connectivity index (χ4v) is 7.58. The number of carbonyl (C=O) groups is 2. The molecule has 4 heterocycles. The fraction of sp³-hybridized carbons (Fsp3) is 0.471. The summed E-state index contributed by atoms with van der Waals surface area (Å²) in [5.41, 5.74) is 2.57. The molecule has 0 bridgehead atoms. The Hall–Kier alpha value is -2.86. The first-order chi connectivity index (χ1) is 21.6. The Kier molecular flexibility index (Phi) is 10.9. The van der Waals surface area contributed by atoms with Gasteiger partial charge in [-0.05, 0) is 82.6 Å². The molecule has 0 N–H and O–H groups in total. The number of carbonyl (C=O) groups excluding carboxylic acids is 2. The molecule has 234 valence electrons. The van der Waals surface area contributed by atoms with Gasteiger partial charge < -0.3 is 18.9 Å². The van der Waals surface area contributed by atoms with Crippen molar-refractivity contribution in [3.05, 3.63) is 70.4 Å². The third-order valence-corrected chi connectivity index (χ3v) is 10.1. The molecule has 4 aromatic rings. The minimum atomic E-state index is -0.890. The van der Waals surface area contributed by atoms with Crippen molar-refractivity contribution in [3.8, 4) is 0 Å². The normalized spacial score (nSPS) is 19.3. The van der Waals surface area contributed by atoms with E-state index in [1.54, 1.807) is 22.7 Å². The van der Waals surface area contributed by atoms with Gasteiger partial charge in [-0.1, -0.05) is 24.3 Å². The van der Waals surface area contributed by atoms with Crippen LogP contribution < -0.4 is 0 Å². The smallest absolute Gasteiger partial charge is 0.417 e. The van der Waals surface area contributed by atoms with Crippen molar-refractivity contribution in [1.29, 1.82) is 0 Å². The van der Waals surface area contributed by atoms with Gasteiger partial charge in [-0.25, -0.2) is 9.59 Å². The molecule has 0 radical (unpaired) electrons. The number of ether oxygens (including phenoxy) is 4. The molecule has 0 aliphatic carbocycles. The molecular formula is C34H40N2O6S2. The minimum Gasteiger partial charge on any atom is -0.453 e. The highest BCUT2D eigenvalue weighted by Gasteiger charge is 2.32. The van der Waals surface area contributed by atoms with Crippen molar-refractivity contribution >= 4 is 54.8 Å². The first kappa shape index (κ1) is 31.1. The largest absolute Gasteiger partial charge is 0.453 e. The Morgan fingerprint density at radius 2 is 1.14 bits per heavy atom. The van der Waals surface area contributed by atoms with E-state index >= 15 is 0 Å². The van der Waals surface area contributed by atoms with Gasteiger partial charge in [-0.2, -0.15) is 0 Å².